The van der Waals surface area contributed by atoms with Crippen molar-refractivity contribution >= 4 is 0 Å². The molecule has 0 saturated carbocycles. The van der Waals surface area contributed by atoms with Crippen molar-refractivity contribution in [1.82, 2.24) is 9.97 Å². The summed E-state index contributed by atoms with van der Waals surface area (Å²) in [6.07, 6.45) is 20.5. The molecule has 0 aliphatic carbocycles. The van der Waals surface area contributed by atoms with Gasteiger partial charge in [0.15, 0.2) is 11.6 Å². The molecule has 0 saturated heterocycles. The summed E-state index contributed by atoms with van der Waals surface area (Å²) < 4.78 is 11.4. The zero-order chi connectivity index (χ0) is 23.6. The Morgan fingerprint density at radius 3 is 2.24 bits per heavy atom. The molecule has 1 unspecified atom stereocenters. The second-order valence-corrected chi connectivity index (χ2v) is 8.85. The average molecular weight is 453 g/mol. The number of ether oxygens (including phenoxy) is 2. The van der Waals surface area contributed by atoms with Crippen LogP contribution in [0.5, 0.6) is 5.75 Å². The lowest BCUT2D eigenvalue weighted by molar-refractivity contribution is 0.0684. The number of hydrogen-bond donors (Lipinski definition) is 0. The van der Waals surface area contributed by atoms with Crippen LogP contribution < -0.4 is 4.74 Å². The molecule has 0 bridgehead atoms. The Labute approximate surface area is 201 Å². The van der Waals surface area contributed by atoms with E-state index < -0.39 is 0 Å². The highest BCUT2D eigenvalue weighted by molar-refractivity contribution is 5.55. The van der Waals surface area contributed by atoms with Gasteiger partial charge in [-0.2, -0.15) is 0 Å². The van der Waals surface area contributed by atoms with Crippen LogP contribution in [0.1, 0.15) is 90.0 Å². The molecule has 2 rings (SSSR count). The van der Waals surface area contributed by atoms with E-state index in [1.54, 1.807) is 12.4 Å². The molecule has 0 aliphatic heterocycles. The van der Waals surface area contributed by atoms with Crippen LogP contribution in [0, 0.1) is 0 Å². The van der Waals surface area contributed by atoms with Crippen LogP contribution in [0.25, 0.3) is 11.4 Å². The number of aromatic nitrogens is 2. The smallest absolute Gasteiger partial charge is 0.159 e. The molecule has 1 heterocycles. The van der Waals surface area contributed by atoms with Crippen LogP contribution in [0.4, 0.5) is 0 Å². The van der Waals surface area contributed by atoms with E-state index in [2.05, 4.69) is 54.7 Å². The minimum atomic E-state index is 0.383. The first-order chi connectivity index (χ1) is 16.2. The summed E-state index contributed by atoms with van der Waals surface area (Å²) >= 11 is 0. The minimum absolute atomic E-state index is 0.383. The third-order valence-electron chi connectivity index (χ3n) is 5.94. The van der Waals surface area contributed by atoms with E-state index in [1.165, 1.54) is 56.9 Å². The minimum Gasteiger partial charge on any atom is -0.490 e. The lowest BCUT2D eigenvalue weighted by atomic mass is 10.0. The van der Waals surface area contributed by atoms with Crippen molar-refractivity contribution in [2.75, 3.05) is 13.2 Å². The molecule has 182 valence electrons. The van der Waals surface area contributed by atoms with Crippen molar-refractivity contribution in [3.8, 4) is 17.1 Å². The molecule has 0 aliphatic rings. The van der Waals surface area contributed by atoms with Gasteiger partial charge >= 0.3 is 0 Å². The average Bonchev–Trinajstić information content (AvgIpc) is 2.84. The normalized spacial score (nSPS) is 11.9. The summed E-state index contributed by atoms with van der Waals surface area (Å²) in [5.41, 5.74) is 2.42. The van der Waals surface area contributed by atoms with E-state index in [0.29, 0.717) is 6.10 Å². The molecule has 4 heteroatoms. The van der Waals surface area contributed by atoms with Gasteiger partial charge in [0.05, 0.1) is 25.1 Å². The van der Waals surface area contributed by atoms with Crippen molar-refractivity contribution in [3.63, 3.8) is 0 Å². The van der Waals surface area contributed by atoms with Gasteiger partial charge in [0.1, 0.15) is 0 Å². The highest BCUT2D eigenvalue weighted by Gasteiger charge is 2.04. The van der Waals surface area contributed by atoms with Gasteiger partial charge in [0.25, 0.3) is 0 Å². The maximum absolute atomic E-state index is 5.81. The van der Waals surface area contributed by atoms with E-state index in [-0.39, 0.29) is 0 Å². The zero-order valence-electron chi connectivity index (χ0n) is 20.9. The van der Waals surface area contributed by atoms with Crippen LogP contribution in [-0.4, -0.2) is 29.3 Å². The van der Waals surface area contributed by atoms with Gasteiger partial charge in [-0.3, -0.25) is 0 Å². The van der Waals surface area contributed by atoms with Crippen molar-refractivity contribution < 1.29 is 9.47 Å². The van der Waals surface area contributed by atoms with Gasteiger partial charge < -0.3 is 9.47 Å². The van der Waals surface area contributed by atoms with Crippen LogP contribution in [0.15, 0.2) is 49.3 Å². The van der Waals surface area contributed by atoms with Crippen molar-refractivity contribution in [3.05, 3.63) is 54.9 Å². The molecular formula is C29H44N2O2. The Kier molecular flexibility index (Phi) is 14.2. The van der Waals surface area contributed by atoms with Crippen LogP contribution >= 0.6 is 0 Å². The number of allylic oxidation sites excluding steroid dienone is 1. The van der Waals surface area contributed by atoms with E-state index in [0.717, 1.165) is 56.0 Å². The Morgan fingerprint density at radius 1 is 0.879 bits per heavy atom. The third kappa shape index (κ3) is 12.0. The lowest BCUT2D eigenvalue weighted by Crippen LogP contribution is -2.07. The molecule has 0 spiro atoms. The third-order valence-corrected chi connectivity index (χ3v) is 5.94. The largest absolute Gasteiger partial charge is 0.490 e. The molecule has 0 fully saturated rings. The number of nitrogens with zero attached hydrogens (tertiary/aromatic N) is 2. The Hall–Kier alpha value is -2.20. The van der Waals surface area contributed by atoms with Gasteiger partial charge in [0.2, 0.25) is 0 Å². The van der Waals surface area contributed by atoms with E-state index >= 15 is 0 Å². The molecule has 1 atom stereocenters. The molecule has 1 aromatic carbocycles. The van der Waals surface area contributed by atoms with E-state index in [4.69, 9.17) is 9.47 Å². The van der Waals surface area contributed by atoms with Crippen molar-refractivity contribution in [2.24, 2.45) is 0 Å². The maximum atomic E-state index is 5.81. The second-order valence-electron chi connectivity index (χ2n) is 8.85. The standard InChI is InChI=1S/C29H44N2O2/c1-4-6-7-8-9-10-11-15-22-33-28-23-30-29(31-24-28)27-20-18-26(19-21-27)17-14-12-13-16-25(3)32-5-2/h4,18-21,23-25H,1,5-17,22H2,2-3H3. The Morgan fingerprint density at radius 2 is 1.55 bits per heavy atom. The monoisotopic (exact) mass is 452 g/mol. The first kappa shape index (κ1) is 27.0. The van der Waals surface area contributed by atoms with Crippen molar-refractivity contribution in [2.45, 2.75) is 97.0 Å². The first-order valence-corrected chi connectivity index (χ1v) is 13.0. The number of hydrogen-bond acceptors (Lipinski definition) is 4. The fourth-order valence-corrected chi connectivity index (χ4v) is 3.95. The summed E-state index contributed by atoms with van der Waals surface area (Å²) in [5.74, 6) is 1.50. The number of rotatable bonds is 19. The zero-order valence-corrected chi connectivity index (χ0v) is 20.9. The SMILES string of the molecule is C=CCCCCCCCCOc1cnc(-c2ccc(CCCCCC(C)OCC)cc2)nc1. The summed E-state index contributed by atoms with van der Waals surface area (Å²) in [4.78, 5) is 8.99. The first-order valence-electron chi connectivity index (χ1n) is 13.0. The molecule has 1 aromatic heterocycles. The fraction of sp³-hybridized carbons (Fsp3) is 0.586. The molecule has 33 heavy (non-hydrogen) atoms. The predicted molar refractivity (Wildman–Crippen MR) is 139 cm³/mol. The van der Waals surface area contributed by atoms with Gasteiger partial charge in [-0.1, -0.05) is 68.9 Å². The number of unbranched alkanes of at least 4 members (excludes halogenated alkanes) is 8. The Balaban J connectivity index is 1.62. The molecular weight excluding hydrogens is 408 g/mol. The summed E-state index contributed by atoms with van der Waals surface area (Å²) in [6, 6.07) is 8.64. The second kappa shape index (κ2) is 17.3. The summed E-state index contributed by atoms with van der Waals surface area (Å²) in [7, 11) is 0. The highest BCUT2D eigenvalue weighted by atomic mass is 16.5. The van der Waals surface area contributed by atoms with Crippen molar-refractivity contribution in [1.29, 1.82) is 0 Å². The molecule has 2 aromatic rings. The maximum Gasteiger partial charge on any atom is 0.159 e. The molecule has 4 nitrogen and oxygen atoms in total. The predicted octanol–water partition coefficient (Wildman–Crippen LogP) is 7.97. The molecule has 0 radical (unpaired) electrons. The van der Waals surface area contributed by atoms with Gasteiger partial charge in [0, 0.05) is 12.2 Å². The van der Waals surface area contributed by atoms with Crippen LogP contribution in [0.2, 0.25) is 0 Å². The quantitative estimate of drug-likeness (QED) is 0.160. The Bertz CT molecular complexity index is 743. The summed E-state index contributed by atoms with van der Waals surface area (Å²) in [6.45, 7) is 9.53. The van der Waals surface area contributed by atoms with Crippen LogP contribution in [-0.2, 0) is 11.2 Å². The number of benzene rings is 1. The van der Waals surface area contributed by atoms with E-state index in [9.17, 15) is 0 Å². The van der Waals surface area contributed by atoms with E-state index in [1.807, 2.05) is 6.08 Å². The van der Waals surface area contributed by atoms with Crippen LogP contribution in [0.3, 0.4) is 0 Å². The molecule has 0 amide bonds. The lowest BCUT2D eigenvalue weighted by Gasteiger charge is -2.10. The number of aryl methyl sites for hydroxylation is 1. The highest BCUT2D eigenvalue weighted by Crippen LogP contribution is 2.19. The van der Waals surface area contributed by atoms with Gasteiger partial charge in [-0.05, 0) is 57.9 Å². The fourth-order valence-electron chi connectivity index (χ4n) is 3.95. The van der Waals surface area contributed by atoms with Gasteiger partial charge in [-0.15, -0.1) is 6.58 Å². The summed E-state index contributed by atoms with van der Waals surface area (Å²) in [5, 5.41) is 0. The van der Waals surface area contributed by atoms with Gasteiger partial charge in [-0.25, -0.2) is 9.97 Å². The topological polar surface area (TPSA) is 44.2 Å². The molecule has 0 N–H and O–H groups in total.